The van der Waals surface area contributed by atoms with Crippen LogP contribution in [0.25, 0.3) is 0 Å². The summed E-state index contributed by atoms with van der Waals surface area (Å²) >= 11 is 5.48. The van der Waals surface area contributed by atoms with Crippen molar-refractivity contribution in [3.05, 3.63) is 22.7 Å². The maximum atomic E-state index is 11.9. The lowest BCUT2D eigenvalue weighted by atomic mass is 10.4. The van der Waals surface area contributed by atoms with Crippen molar-refractivity contribution >= 4 is 17.4 Å². The lowest BCUT2D eigenvalue weighted by Crippen LogP contribution is -2.24. The summed E-state index contributed by atoms with van der Waals surface area (Å²) in [4.78, 5) is 16.0. The third kappa shape index (κ3) is 5.06. The van der Waals surface area contributed by atoms with Gasteiger partial charge < -0.3 is 14.6 Å². The predicted octanol–water partition coefficient (Wildman–Crippen LogP) is 1.71. The molecule has 18 heavy (non-hydrogen) atoms. The van der Waals surface area contributed by atoms with Crippen LogP contribution in [-0.2, 0) is 11.3 Å². The van der Waals surface area contributed by atoms with Crippen LogP contribution in [0.15, 0.2) is 17.2 Å². The Morgan fingerprint density at radius 3 is 3.06 bits per heavy atom. The van der Waals surface area contributed by atoms with Crippen molar-refractivity contribution in [1.29, 1.82) is 0 Å². The Hall–Kier alpha value is -1.07. The number of alkyl halides is 1. The average molecular weight is 274 g/mol. The number of aromatic nitrogens is 2. The standard InChI is InChI=1S/C12H20ClN3O2/c1-2-7-16-8-6-15-11(12(16)17)14-5-3-9-18-10-4-13/h6,8H,2-5,7,9-10H2,1H3,(H,14,15). The molecule has 0 aliphatic heterocycles. The molecule has 0 atom stereocenters. The maximum absolute atomic E-state index is 11.9. The highest BCUT2D eigenvalue weighted by atomic mass is 35.5. The molecule has 0 fully saturated rings. The van der Waals surface area contributed by atoms with E-state index in [2.05, 4.69) is 10.3 Å². The van der Waals surface area contributed by atoms with E-state index in [0.29, 0.717) is 31.5 Å². The first-order chi connectivity index (χ1) is 8.79. The first kappa shape index (κ1) is 15.0. The number of aryl methyl sites for hydroxylation is 1. The second kappa shape index (κ2) is 8.94. The lowest BCUT2D eigenvalue weighted by Gasteiger charge is -2.08. The fourth-order valence-corrected chi connectivity index (χ4v) is 1.63. The van der Waals surface area contributed by atoms with Gasteiger partial charge in [0, 0.05) is 38.0 Å². The minimum atomic E-state index is -0.0685. The fourth-order valence-electron chi connectivity index (χ4n) is 1.52. The monoisotopic (exact) mass is 273 g/mol. The number of rotatable bonds is 9. The van der Waals surface area contributed by atoms with Crippen LogP contribution < -0.4 is 10.9 Å². The summed E-state index contributed by atoms with van der Waals surface area (Å²) in [6, 6.07) is 0. The third-order valence-electron chi connectivity index (χ3n) is 2.36. The van der Waals surface area contributed by atoms with Gasteiger partial charge in [-0.1, -0.05) is 6.92 Å². The van der Waals surface area contributed by atoms with Gasteiger partial charge in [0.15, 0.2) is 5.82 Å². The topological polar surface area (TPSA) is 56.1 Å². The Morgan fingerprint density at radius 2 is 2.33 bits per heavy atom. The van der Waals surface area contributed by atoms with Gasteiger partial charge in [-0.2, -0.15) is 0 Å². The van der Waals surface area contributed by atoms with Crippen molar-refractivity contribution in [2.75, 3.05) is 31.0 Å². The molecule has 0 amide bonds. The van der Waals surface area contributed by atoms with Gasteiger partial charge in [0.2, 0.25) is 0 Å². The van der Waals surface area contributed by atoms with Gasteiger partial charge in [-0.15, -0.1) is 11.6 Å². The molecular weight excluding hydrogens is 254 g/mol. The van der Waals surface area contributed by atoms with Gasteiger partial charge in [0.25, 0.3) is 5.56 Å². The van der Waals surface area contributed by atoms with Crippen molar-refractivity contribution in [2.45, 2.75) is 26.3 Å². The highest BCUT2D eigenvalue weighted by Crippen LogP contribution is 1.95. The molecule has 0 bridgehead atoms. The number of ether oxygens (including phenoxy) is 1. The van der Waals surface area contributed by atoms with Crippen LogP contribution in [0.2, 0.25) is 0 Å². The molecule has 0 radical (unpaired) electrons. The van der Waals surface area contributed by atoms with Crippen LogP contribution in [0.3, 0.4) is 0 Å². The zero-order valence-electron chi connectivity index (χ0n) is 10.7. The molecule has 0 saturated heterocycles. The summed E-state index contributed by atoms with van der Waals surface area (Å²) in [5, 5.41) is 3.03. The van der Waals surface area contributed by atoms with Crippen LogP contribution in [0.1, 0.15) is 19.8 Å². The van der Waals surface area contributed by atoms with Crippen LogP contribution in [0.5, 0.6) is 0 Å². The number of nitrogens with one attached hydrogen (secondary N) is 1. The highest BCUT2D eigenvalue weighted by molar-refractivity contribution is 6.17. The van der Waals surface area contributed by atoms with Gasteiger partial charge in [0.05, 0.1) is 6.61 Å². The first-order valence-electron chi connectivity index (χ1n) is 6.22. The van der Waals surface area contributed by atoms with E-state index in [-0.39, 0.29) is 5.56 Å². The predicted molar refractivity (Wildman–Crippen MR) is 73.4 cm³/mol. The lowest BCUT2D eigenvalue weighted by molar-refractivity contribution is 0.149. The Balaban J connectivity index is 2.38. The number of hydrogen-bond acceptors (Lipinski definition) is 4. The van der Waals surface area contributed by atoms with E-state index in [1.807, 2.05) is 6.92 Å². The maximum Gasteiger partial charge on any atom is 0.293 e. The van der Waals surface area contributed by atoms with Crippen molar-refractivity contribution in [2.24, 2.45) is 0 Å². The smallest absolute Gasteiger partial charge is 0.293 e. The summed E-state index contributed by atoms with van der Waals surface area (Å²) in [6.45, 7) is 4.62. The van der Waals surface area contributed by atoms with Crippen LogP contribution in [0.4, 0.5) is 5.82 Å². The van der Waals surface area contributed by atoms with E-state index in [4.69, 9.17) is 16.3 Å². The SMILES string of the molecule is CCCn1ccnc(NCCCOCCCl)c1=O. The average Bonchev–Trinajstić information content (AvgIpc) is 2.38. The first-order valence-corrected chi connectivity index (χ1v) is 6.76. The molecule has 5 nitrogen and oxygen atoms in total. The molecule has 1 aromatic heterocycles. The third-order valence-corrected chi connectivity index (χ3v) is 2.51. The van der Waals surface area contributed by atoms with E-state index in [1.54, 1.807) is 17.0 Å². The number of nitrogens with zero attached hydrogens (tertiary/aromatic N) is 2. The Kier molecular flexibility index (Phi) is 7.44. The van der Waals surface area contributed by atoms with Crippen LogP contribution >= 0.6 is 11.6 Å². The van der Waals surface area contributed by atoms with Gasteiger partial charge in [0.1, 0.15) is 0 Å². The summed E-state index contributed by atoms with van der Waals surface area (Å²) in [6.07, 6.45) is 5.10. The number of hydrogen-bond donors (Lipinski definition) is 1. The molecule has 0 saturated carbocycles. The van der Waals surface area contributed by atoms with Gasteiger partial charge in [-0.3, -0.25) is 4.79 Å². The van der Waals surface area contributed by atoms with Crippen molar-refractivity contribution in [3.63, 3.8) is 0 Å². The van der Waals surface area contributed by atoms with E-state index in [0.717, 1.165) is 19.4 Å². The van der Waals surface area contributed by atoms with Crippen molar-refractivity contribution < 1.29 is 4.74 Å². The van der Waals surface area contributed by atoms with E-state index in [1.165, 1.54) is 0 Å². The molecule has 1 rings (SSSR count). The largest absolute Gasteiger partial charge is 0.380 e. The Morgan fingerprint density at radius 1 is 1.50 bits per heavy atom. The van der Waals surface area contributed by atoms with E-state index in [9.17, 15) is 4.79 Å². The van der Waals surface area contributed by atoms with E-state index >= 15 is 0 Å². The zero-order chi connectivity index (χ0) is 13.2. The van der Waals surface area contributed by atoms with E-state index < -0.39 is 0 Å². The Bertz CT molecular complexity index is 395. The number of halogens is 1. The molecule has 1 N–H and O–H groups in total. The molecule has 102 valence electrons. The quantitative estimate of drug-likeness (QED) is 0.550. The van der Waals surface area contributed by atoms with Gasteiger partial charge >= 0.3 is 0 Å². The fraction of sp³-hybridized carbons (Fsp3) is 0.667. The summed E-state index contributed by atoms with van der Waals surface area (Å²) in [5.74, 6) is 0.915. The zero-order valence-corrected chi connectivity index (χ0v) is 11.4. The van der Waals surface area contributed by atoms with Gasteiger partial charge in [-0.25, -0.2) is 4.98 Å². The second-order valence-electron chi connectivity index (χ2n) is 3.86. The van der Waals surface area contributed by atoms with Crippen LogP contribution in [-0.4, -0.2) is 35.2 Å². The van der Waals surface area contributed by atoms with Crippen molar-refractivity contribution in [1.82, 2.24) is 9.55 Å². The van der Waals surface area contributed by atoms with Gasteiger partial charge in [-0.05, 0) is 12.8 Å². The highest BCUT2D eigenvalue weighted by Gasteiger charge is 2.02. The van der Waals surface area contributed by atoms with Crippen molar-refractivity contribution in [3.8, 4) is 0 Å². The molecule has 0 unspecified atom stereocenters. The number of anilines is 1. The molecule has 6 heteroatoms. The Labute approximate surface area is 112 Å². The molecule has 0 aliphatic carbocycles. The minimum Gasteiger partial charge on any atom is -0.380 e. The molecule has 1 aromatic rings. The molecule has 0 spiro atoms. The normalized spacial score (nSPS) is 10.6. The summed E-state index contributed by atoms with van der Waals surface area (Å²) in [5.41, 5.74) is -0.0685. The molecule has 1 heterocycles. The summed E-state index contributed by atoms with van der Waals surface area (Å²) < 4.78 is 6.90. The molecular formula is C12H20ClN3O2. The van der Waals surface area contributed by atoms with Crippen LogP contribution in [0, 0.1) is 0 Å². The second-order valence-corrected chi connectivity index (χ2v) is 4.23. The minimum absolute atomic E-state index is 0.0685. The molecule has 0 aromatic carbocycles. The summed E-state index contributed by atoms with van der Waals surface area (Å²) in [7, 11) is 0. The molecule has 0 aliphatic rings.